The highest BCUT2D eigenvalue weighted by atomic mass is 16.5. The van der Waals surface area contributed by atoms with Gasteiger partial charge in [-0.1, -0.05) is 24.3 Å². The predicted octanol–water partition coefficient (Wildman–Crippen LogP) is 1.29. The average molecular weight is 285 g/mol. The van der Waals surface area contributed by atoms with Crippen molar-refractivity contribution < 1.29 is 9.53 Å². The lowest BCUT2D eigenvalue weighted by molar-refractivity contribution is 0.0763. The van der Waals surface area contributed by atoms with Crippen molar-refractivity contribution in [2.75, 3.05) is 27.2 Å². The number of carbonyl (C=O) groups is 1. The molecule has 110 valence electrons. The summed E-state index contributed by atoms with van der Waals surface area (Å²) in [6.45, 7) is 1.62. The van der Waals surface area contributed by atoms with E-state index >= 15 is 0 Å². The highest BCUT2D eigenvalue weighted by Crippen LogP contribution is 2.14. The molecule has 1 saturated heterocycles. The van der Waals surface area contributed by atoms with E-state index in [0.29, 0.717) is 5.69 Å². The van der Waals surface area contributed by atoms with Gasteiger partial charge >= 0.3 is 0 Å². The summed E-state index contributed by atoms with van der Waals surface area (Å²) in [5.74, 6) is -0.150. The van der Waals surface area contributed by atoms with E-state index in [1.807, 2.05) is 37.4 Å². The van der Waals surface area contributed by atoms with Crippen molar-refractivity contribution in [3.05, 3.63) is 42.1 Å². The van der Waals surface area contributed by atoms with Gasteiger partial charge in [0.1, 0.15) is 5.69 Å². The molecule has 2 heterocycles. The van der Waals surface area contributed by atoms with E-state index in [4.69, 9.17) is 4.74 Å². The van der Waals surface area contributed by atoms with Crippen LogP contribution in [0.4, 0.5) is 0 Å². The number of rotatable bonds is 3. The van der Waals surface area contributed by atoms with Crippen LogP contribution in [0.3, 0.4) is 0 Å². The van der Waals surface area contributed by atoms with Crippen LogP contribution in [-0.4, -0.2) is 55.2 Å². The Morgan fingerprint density at radius 2 is 2.10 bits per heavy atom. The predicted molar refractivity (Wildman–Crippen MR) is 81.3 cm³/mol. The maximum absolute atomic E-state index is 12.4. The molecular formula is C16H19N3O2. The molecule has 0 radical (unpaired) electrons. The molecule has 1 amide bonds. The number of carbonyl (C=O) groups excluding carboxylic acids is 1. The standard InChI is InChI=1S/C16H19N3O2/c1-19-9-14(15(10-19)21-2)18-16(20)13-8-7-11-5-3-4-6-12(11)17-13/h3-8,14-15H,9-10H2,1-2H3,(H,18,20)/t14-,15-/m1/s1. The van der Waals surface area contributed by atoms with Gasteiger partial charge in [0.2, 0.25) is 0 Å². The molecule has 0 saturated carbocycles. The fourth-order valence-corrected chi connectivity index (χ4v) is 2.77. The Kier molecular flexibility index (Phi) is 3.86. The lowest BCUT2D eigenvalue weighted by Crippen LogP contribution is -2.43. The molecule has 1 aliphatic rings. The zero-order valence-electron chi connectivity index (χ0n) is 12.2. The van der Waals surface area contributed by atoms with Crippen LogP contribution in [0.5, 0.6) is 0 Å². The normalized spacial score (nSPS) is 22.6. The van der Waals surface area contributed by atoms with Crippen LogP contribution in [0.2, 0.25) is 0 Å². The molecular weight excluding hydrogens is 266 g/mol. The molecule has 1 aromatic heterocycles. The number of amides is 1. The zero-order chi connectivity index (χ0) is 14.8. The maximum atomic E-state index is 12.4. The first kappa shape index (κ1) is 14.0. The number of hydrogen-bond donors (Lipinski definition) is 1. The third kappa shape index (κ3) is 2.89. The third-order valence-corrected chi connectivity index (χ3v) is 3.90. The van der Waals surface area contributed by atoms with Crippen molar-refractivity contribution in [1.82, 2.24) is 15.2 Å². The number of pyridine rings is 1. The van der Waals surface area contributed by atoms with Crippen molar-refractivity contribution in [3.8, 4) is 0 Å². The van der Waals surface area contributed by atoms with Gasteiger partial charge in [0, 0.05) is 25.6 Å². The molecule has 0 aliphatic carbocycles. The molecule has 0 unspecified atom stereocenters. The Bertz CT molecular complexity index is 659. The van der Waals surface area contributed by atoms with Gasteiger partial charge in [-0.05, 0) is 19.2 Å². The molecule has 0 bridgehead atoms. The molecule has 3 rings (SSSR count). The summed E-state index contributed by atoms with van der Waals surface area (Å²) in [5.41, 5.74) is 1.27. The minimum Gasteiger partial charge on any atom is -0.378 e. The minimum atomic E-state index is -0.150. The van der Waals surface area contributed by atoms with Gasteiger partial charge in [-0.15, -0.1) is 0 Å². The number of likely N-dealkylation sites (N-methyl/N-ethyl adjacent to an activating group) is 1. The lowest BCUT2D eigenvalue weighted by Gasteiger charge is -2.18. The SMILES string of the molecule is CO[C@@H]1CN(C)C[C@H]1NC(=O)c1ccc2ccccc2n1. The Balaban J connectivity index is 1.77. The first-order chi connectivity index (χ1) is 10.2. The quantitative estimate of drug-likeness (QED) is 0.923. The molecule has 5 heteroatoms. The van der Waals surface area contributed by atoms with E-state index < -0.39 is 0 Å². The number of likely N-dealkylation sites (tertiary alicyclic amines) is 1. The summed E-state index contributed by atoms with van der Waals surface area (Å²) < 4.78 is 5.42. The van der Waals surface area contributed by atoms with Crippen LogP contribution in [0.1, 0.15) is 10.5 Å². The summed E-state index contributed by atoms with van der Waals surface area (Å²) >= 11 is 0. The largest absolute Gasteiger partial charge is 0.378 e. The second kappa shape index (κ2) is 5.79. The first-order valence-corrected chi connectivity index (χ1v) is 7.05. The van der Waals surface area contributed by atoms with Crippen molar-refractivity contribution in [2.24, 2.45) is 0 Å². The minimum absolute atomic E-state index is 0.000713. The third-order valence-electron chi connectivity index (χ3n) is 3.90. The molecule has 21 heavy (non-hydrogen) atoms. The average Bonchev–Trinajstić information content (AvgIpc) is 2.86. The number of aromatic nitrogens is 1. The van der Waals surface area contributed by atoms with Gasteiger partial charge in [-0.3, -0.25) is 4.79 Å². The number of benzene rings is 1. The van der Waals surface area contributed by atoms with Crippen LogP contribution in [-0.2, 0) is 4.74 Å². The number of methoxy groups -OCH3 is 1. The second-order valence-electron chi connectivity index (χ2n) is 5.46. The smallest absolute Gasteiger partial charge is 0.270 e. The summed E-state index contributed by atoms with van der Waals surface area (Å²) in [6.07, 6.45) is 0.0272. The van der Waals surface area contributed by atoms with E-state index in [1.54, 1.807) is 13.2 Å². The van der Waals surface area contributed by atoms with Crippen LogP contribution in [0.25, 0.3) is 10.9 Å². The van der Waals surface area contributed by atoms with Crippen molar-refractivity contribution in [3.63, 3.8) is 0 Å². The maximum Gasteiger partial charge on any atom is 0.270 e. The van der Waals surface area contributed by atoms with Crippen LogP contribution < -0.4 is 5.32 Å². The van der Waals surface area contributed by atoms with E-state index in [-0.39, 0.29) is 18.1 Å². The lowest BCUT2D eigenvalue weighted by atomic mass is 10.2. The summed E-state index contributed by atoms with van der Waals surface area (Å²) in [6, 6.07) is 11.5. The number of fused-ring (bicyclic) bond motifs is 1. The van der Waals surface area contributed by atoms with E-state index in [0.717, 1.165) is 24.0 Å². The fraction of sp³-hybridized carbons (Fsp3) is 0.375. The number of nitrogens with zero attached hydrogens (tertiary/aromatic N) is 2. The molecule has 0 spiro atoms. The van der Waals surface area contributed by atoms with Crippen LogP contribution in [0.15, 0.2) is 36.4 Å². The molecule has 5 nitrogen and oxygen atoms in total. The van der Waals surface area contributed by atoms with Gasteiger partial charge in [-0.2, -0.15) is 0 Å². The van der Waals surface area contributed by atoms with Crippen LogP contribution in [0, 0.1) is 0 Å². The Morgan fingerprint density at radius 1 is 1.29 bits per heavy atom. The van der Waals surface area contributed by atoms with E-state index in [9.17, 15) is 4.79 Å². The van der Waals surface area contributed by atoms with E-state index in [2.05, 4.69) is 15.2 Å². The number of para-hydroxylation sites is 1. The summed E-state index contributed by atoms with van der Waals surface area (Å²) in [7, 11) is 3.70. The number of ether oxygens (including phenoxy) is 1. The first-order valence-electron chi connectivity index (χ1n) is 7.05. The van der Waals surface area contributed by atoms with Crippen molar-refractivity contribution >= 4 is 16.8 Å². The molecule has 2 aromatic rings. The Hall–Kier alpha value is -1.98. The van der Waals surface area contributed by atoms with Gasteiger partial charge in [-0.25, -0.2) is 4.98 Å². The highest BCUT2D eigenvalue weighted by Gasteiger charge is 2.32. The zero-order valence-corrected chi connectivity index (χ0v) is 12.2. The number of hydrogen-bond acceptors (Lipinski definition) is 4. The molecule has 1 aromatic carbocycles. The second-order valence-corrected chi connectivity index (χ2v) is 5.46. The van der Waals surface area contributed by atoms with Crippen LogP contribution >= 0.6 is 0 Å². The van der Waals surface area contributed by atoms with Gasteiger partial charge in [0.05, 0.1) is 17.7 Å². The molecule has 2 atom stereocenters. The van der Waals surface area contributed by atoms with E-state index in [1.165, 1.54) is 0 Å². The summed E-state index contributed by atoms with van der Waals surface area (Å²) in [4.78, 5) is 18.9. The highest BCUT2D eigenvalue weighted by molar-refractivity contribution is 5.95. The Labute approximate surface area is 123 Å². The topological polar surface area (TPSA) is 54.5 Å². The van der Waals surface area contributed by atoms with Gasteiger partial charge in [0.25, 0.3) is 5.91 Å². The monoisotopic (exact) mass is 285 g/mol. The summed E-state index contributed by atoms with van der Waals surface area (Å²) in [5, 5.41) is 4.06. The molecule has 1 fully saturated rings. The molecule has 1 N–H and O–H groups in total. The molecule has 1 aliphatic heterocycles. The van der Waals surface area contributed by atoms with Gasteiger partial charge < -0.3 is 15.0 Å². The number of nitrogens with one attached hydrogen (secondary N) is 1. The van der Waals surface area contributed by atoms with Crippen molar-refractivity contribution in [1.29, 1.82) is 0 Å². The van der Waals surface area contributed by atoms with Crippen molar-refractivity contribution in [2.45, 2.75) is 12.1 Å². The Morgan fingerprint density at radius 3 is 2.90 bits per heavy atom. The van der Waals surface area contributed by atoms with Gasteiger partial charge in [0.15, 0.2) is 0 Å². The fourth-order valence-electron chi connectivity index (χ4n) is 2.77.